The fourth-order valence-corrected chi connectivity index (χ4v) is 3.03. The van der Waals surface area contributed by atoms with Crippen LogP contribution >= 0.6 is 0 Å². The lowest BCUT2D eigenvalue weighted by molar-refractivity contribution is 0.0601. The number of carbonyl (C=O) groups is 1. The average Bonchev–Trinajstić information content (AvgIpc) is 3.16. The van der Waals surface area contributed by atoms with E-state index in [1.807, 2.05) is 42.7 Å². The van der Waals surface area contributed by atoms with E-state index in [9.17, 15) is 4.79 Å². The molecule has 0 aliphatic heterocycles. The van der Waals surface area contributed by atoms with E-state index in [1.165, 1.54) is 7.11 Å². The number of ether oxygens (including phenoxy) is 1. The Balaban J connectivity index is 1.51. The lowest BCUT2D eigenvalue weighted by atomic mass is 10.1. The summed E-state index contributed by atoms with van der Waals surface area (Å²) in [6.07, 6.45) is 1.85. The first-order chi connectivity index (χ1) is 13.2. The van der Waals surface area contributed by atoms with Crippen LogP contribution in [0.5, 0.6) is 0 Å². The number of hydrogen-bond acceptors (Lipinski definition) is 4. The number of benzene rings is 3. The molecule has 0 aliphatic rings. The van der Waals surface area contributed by atoms with Gasteiger partial charge in [-0.25, -0.2) is 9.78 Å². The van der Waals surface area contributed by atoms with E-state index in [1.54, 1.807) is 12.1 Å². The highest BCUT2D eigenvalue weighted by Crippen LogP contribution is 2.19. The summed E-state index contributed by atoms with van der Waals surface area (Å²) in [6.45, 7) is 0.679. The zero-order valence-corrected chi connectivity index (χ0v) is 14.9. The van der Waals surface area contributed by atoms with Crippen LogP contribution in [0.25, 0.3) is 16.7 Å². The normalized spacial score (nSPS) is 10.7. The van der Waals surface area contributed by atoms with Crippen molar-refractivity contribution in [3.63, 3.8) is 0 Å². The van der Waals surface area contributed by atoms with E-state index in [2.05, 4.69) is 39.1 Å². The van der Waals surface area contributed by atoms with Gasteiger partial charge in [-0.3, -0.25) is 4.57 Å². The van der Waals surface area contributed by atoms with Crippen molar-refractivity contribution in [3.05, 3.63) is 90.3 Å². The quantitative estimate of drug-likeness (QED) is 0.537. The van der Waals surface area contributed by atoms with Crippen LogP contribution in [0.4, 0.5) is 5.69 Å². The first-order valence-electron chi connectivity index (χ1n) is 8.68. The molecule has 4 aromatic rings. The number of hydrogen-bond donors (Lipinski definition) is 1. The molecule has 4 rings (SSSR count). The van der Waals surface area contributed by atoms with Gasteiger partial charge < -0.3 is 10.1 Å². The molecule has 0 radical (unpaired) electrons. The Morgan fingerprint density at radius 1 is 1.04 bits per heavy atom. The van der Waals surface area contributed by atoms with Gasteiger partial charge >= 0.3 is 5.97 Å². The first-order valence-corrected chi connectivity index (χ1v) is 8.68. The van der Waals surface area contributed by atoms with Crippen molar-refractivity contribution in [1.82, 2.24) is 9.55 Å². The Morgan fingerprint density at radius 2 is 1.85 bits per heavy atom. The number of para-hydroxylation sites is 2. The zero-order valence-electron chi connectivity index (χ0n) is 14.9. The maximum atomic E-state index is 11.5. The number of nitrogens with one attached hydrogen (secondary N) is 1. The third kappa shape index (κ3) is 3.53. The minimum atomic E-state index is -0.332. The van der Waals surface area contributed by atoms with Gasteiger partial charge in [0.1, 0.15) is 6.33 Å². The number of carbonyl (C=O) groups excluding carboxylic acids is 1. The molecule has 0 aliphatic carbocycles. The second-order valence-electron chi connectivity index (χ2n) is 6.20. The van der Waals surface area contributed by atoms with Gasteiger partial charge in [0.2, 0.25) is 0 Å². The molecule has 1 heterocycles. The number of anilines is 1. The molecule has 0 saturated heterocycles. The van der Waals surface area contributed by atoms with Crippen LogP contribution in [0, 0.1) is 0 Å². The van der Waals surface area contributed by atoms with Gasteiger partial charge in [0.25, 0.3) is 0 Å². The molecule has 3 aromatic carbocycles. The summed E-state index contributed by atoms with van der Waals surface area (Å²) in [5.74, 6) is -0.332. The Hall–Kier alpha value is -3.60. The van der Waals surface area contributed by atoms with Crippen LogP contribution in [0.1, 0.15) is 15.9 Å². The molecule has 27 heavy (non-hydrogen) atoms. The maximum Gasteiger partial charge on any atom is 0.337 e. The van der Waals surface area contributed by atoms with E-state index in [4.69, 9.17) is 4.74 Å². The number of rotatable bonds is 5. The molecule has 1 N–H and O–H groups in total. The second-order valence-corrected chi connectivity index (χ2v) is 6.20. The van der Waals surface area contributed by atoms with Crippen LogP contribution in [0.3, 0.4) is 0 Å². The predicted molar refractivity (Wildman–Crippen MR) is 106 cm³/mol. The van der Waals surface area contributed by atoms with Crippen molar-refractivity contribution < 1.29 is 9.53 Å². The summed E-state index contributed by atoms with van der Waals surface area (Å²) in [5.41, 5.74) is 5.78. The zero-order chi connectivity index (χ0) is 18.6. The maximum absolute atomic E-state index is 11.5. The van der Waals surface area contributed by atoms with Crippen molar-refractivity contribution in [1.29, 1.82) is 0 Å². The number of fused-ring (bicyclic) bond motifs is 1. The standard InChI is InChI=1S/C22H19N3O2/c1-27-22(26)17-9-11-18(12-10-17)23-14-16-5-4-6-19(13-16)25-15-24-20-7-2-3-8-21(20)25/h2-13,15,23H,14H2,1H3. The molecular formula is C22H19N3O2. The molecule has 0 atom stereocenters. The van der Waals surface area contributed by atoms with Crippen molar-refractivity contribution in [2.45, 2.75) is 6.54 Å². The van der Waals surface area contributed by atoms with Crippen LogP contribution in [-0.2, 0) is 11.3 Å². The van der Waals surface area contributed by atoms with Gasteiger partial charge in [-0.05, 0) is 54.1 Å². The summed E-state index contributed by atoms with van der Waals surface area (Å²) in [7, 11) is 1.38. The fraction of sp³-hybridized carbons (Fsp3) is 0.0909. The molecule has 0 fully saturated rings. The van der Waals surface area contributed by atoms with Crippen molar-refractivity contribution in [2.24, 2.45) is 0 Å². The van der Waals surface area contributed by atoms with Crippen molar-refractivity contribution in [2.75, 3.05) is 12.4 Å². The van der Waals surface area contributed by atoms with Crippen LogP contribution in [0.2, 0.25) is 0 Å². The Kier molecular flexibility index (Phi) is 4.58. The van der Waals surface area contributed by atoms with Gasteiger partial charge in [0.15, 0.2) is 0 Å². The highest BCUT2D eigenvalue weighted by Gasteiger charge is 2.06. The number of aromatic nitrogens is 2. The molecule has 0 unspecified atom stereocenters. The molecular weight excluding hydrogens is 338 g/mol. The molecule has 5 nitrogen and oxygen atoms in total. The topological polar surface area (TPSA) is 56.1 Å². The molecule has 0 bridgehead atoms. The lowest BCUT2D eigenvalue weighted by Gasteiger charge is -2.10. The Bertz CT molecular complexity index is 1080. The minimum absolute atomic E-state index is 0.332. The predicted octanol–water partition coefficient (Wildman–Crippen LogP) is 4.42. The summed E-state index contributed by atoms with van der Waals surface area (Å²) < 4.78 is 6.81. The lowest BCUT2D eigenvalue weighted by Crippen LogP contribution is -2.03. The van der Waals surface area contributed by atoms with Gasteiger partial charge in [-0.2, -0.15) is 0 Å². The largest absolute Gasteiger partial charge is 0.465 e. The monoisotopic (exact) mass is 357 g/mol. The first kappa shape index (κ1) is 16.8. The molecule has 5 heteroatoms. The summed E-state index contributed by atoms with van der Waals surface area (Å²) >= 11 is 0. The van der Waals surface area contributed by atoms with Crippen molar-refractivity contribution in [3.8, 4) is 5.69 Å². The van der Waals surface area contributed by atoms with Crippen LogP contribution in [-0.4, -0.2) is 22.6 Å². The number of nitrogens with zero attached hydrogens (tertiary/aromatic N) is 2. The SMILES string of the molecule is COC(=O)c1ccc(NCc2cccc(-n3cnc4ccccc43)c2)cc1. The van der Waals surface area contributed by atoms with Gasteiger partial charge in [0, 0.05) is 17.9 Å². The smallest absolute Gasteiger partial charge is 0.337 e. The van der Waals surface area contributed by atoms with E-state index in [0.717, 1.165) is 28.0 Å². The second kappa shape index (κ2) is 7.33. The number of methoxy groups -OCH3 is 1. The molecule has 0 spiro atoms. The third-order valence-corrected chi connectivity index (χ3v) is 4.44. The number of esters is 1. The summed E-state index contributed by atoms with van der Waals surface area (Å²) in [4.78, 5) is 16.0. The minimum Gasteiger partial charge on any atom is -0.465 e. The summed E-state index contributed by atoms with van der Waals surface area (Å²) in [6, 6.07) is 23.7. The molecule has 1 aromatic heterocycles. The van der Waals surface area contributed by atoms with E-state index in [-0.39, 0.29) is 5.97 Å². The number of imidazole rings is 1. The fourth-order valence-electron chi connectivity index (χ4n) is 3.03. The van der Waals surface area contributed by atoms with E-state index >= 15 is 0 Å². The van der Waals surface area contributed by atoms with Crippen LogP contribution < -0.4 is 5.32 Å². The van der Waals surface area contributed by atoms with Gasteiger partial charge in [-0.15, -0.1) is 0 Å². The third-order valence-electron chi connectivity index (χ3n) is 4.44. The van der Waals surface area contributed by atoms with Gasteiger partial charge in [0.05, 0.1) is 23.7 Å². The Morgan fingerprint density at radius 3 is 2.67 bits per heavy atom. The molecule has 0 amide bonds. The van der Waals surface area contributed by atoms with E-state index in [0.29, 0.717) is 12.1 Å². The molecule has 134 valence electrons. The highest BCUT2D eigenvalue weighted by molar-refractivity contribution is 5.89. The van der Waals surface area contributed by atoms with Crippen LogP contribution in [0.15, 0.2) is 79.1 Å². The average molecular weight is 357 g/mol. The van der Waals surface area contributed by atoms with Gasteiger partial charge in [-0.1, -0.05) is 24.3 Å². The summed E-state index contributed by atoms with van der Waals surface area (Å²) in [5, 5.41) is 3.38. The molecule has 0 saturated carbocycles. The van der Waals surface area contributed by atoms with E-state index < -0.39 is 0 Å². The highest BCUT2D eigenvalue weighted by atomic mass is 16.5. The Labute approximate surface area is 157 Å². The van der Waals surface area contributed by atoms with Crippen molar-refractivity contribution >= 4 is 22.7 Å².